The number of aromatic nitrogens is 1. The molecule has 0 atom stereocenters. The van der Waals surface area contributed by atoms with Crippen molar-refractivity contribution < 1.29 is 35.8 Å². The van der Waals surface area contributed by atoms with Gasteiger partial charge in [0.05, 0.1) is 12.7 Å². The van der Waals surface area contributed by atoms with Gasteiger partial charge in [0.15, 0.2) is 5.69 Å². The summed E-state index contributed by atoms with van der Waals surface area (Å²) in [6, 6.07) is 0.172. The van der Waals surface area contributed by atoms with E-state index >= 15 is 0 Å². The normalized spacial score (nSPS) is 12.4. The van der Waals surface area contributed by atoms with Crippen LogP contribution >= 0.6 is 0 Å². The van der Waals surface area contributed by atoms with E-state index in [-0.39, 0.29) is 11.6 Å². The maximum absolute atomic E-state index is 12.4. The number of pyridine rings is 1. The van der Waals surface area contributed by atoms with Crippen molar-refractivity contribution in [1.29, 1.82) is 0 Å². The number of hydrogen-bond donors (Lipinski definition) is 0. The highest BCUT2D eigenvalue weighted by Crippen LogP contribution is 2.37. The highest BCUT2D eigenvalue weighted by molar-refractivity contribution is 5.41. The van der Waals surface area contributed by atoms with Gasteiger partial charge >= 0.3 is 12.5 Å². The lowest BCUT2D eigenvalue weighted by atomic mass is 10.2. The van der Waals surface area contributed by atoms with Crippen molar-refractivity contribution in [2.45, 2.75) is 19.5 Å². The lowest BCUT2D eigenvalue weighted by molar-refractivity contribution is -0.275. The summed E-state index contributed by atoms with van der Waals surface area (Å²) >= 11 is 0. The van der Waals surface area contributed by atoms with Crippen LogP contribution < -0.4 is 9.47 Å². The zero-order chi connectivity index (χ0) is 14.1. The Balaban J connectivity index is 3.32. The summed E-state index contributed by atoms with van der Waals surface area (Å²) in [7, 11) is 0.993. The van der Waals surface area contributed by atoms with Crippen LogP contribution in [0, 0.1) is 6.92 Å². The van der Waals surface area contributed by atoms with Gasteiger partial charge in [0, 0.05) is 6.07 Å². The van der Waals surface area contributed by atoms with Crippen molar-refractivity contribution in [2.24, 2.45) is 0 Å². The molecule has 0 aliphatic heterocycles. The molecule has 1 rings (SSSR count). The van der Waals surface area contributed by atoms with Crippen molar-refractivity contribution in [3.05, 3.63) is 17.3 Å². The number of halogens is 6. The van der Waals surface area contributed by atoms with Gasteiger partial charge in [0.1, 0.15) is 5.75 Å². The van der Waals surface area contributed by atoms with E-state index in [9.17, 15) is 26.3 Å². The molecule has 0 amide bonds. The fourth-order valence-corrected chi connectivity index (χ4v) is 1.14. The van der Waals surface area contributed by atoms with Gasteiger partial charge in [0.2, 0.25) is 5.88 Å². The minimum Gasteiger partial charge on any atom is -0.481 e. The van der Waals surface area contributed by atoms with Crippen LogP contribution in [0.25, 0.3) is 0 Å². The summed E-state index contributed by atoms with van der Waals surface area (Å²) in [5, 5.41) is 0. The second kappa shape index (κ2) is 4.54. The first kappa shape index (κ1) is 14.4. The quantitative estimate of drug-likeness (QED) is 0.776. The molecular weight excluding hydrogens is 268 g/mol. The number of alkyl halides is 6. The fourth-order valence-electron chi connectivity index (χ4n) is 1.14. The van der Waals surface area contributed by atoms with Crippen LogP contribution in [0.2, 0.25) is 0 Å². The van der Waals surface area contributed by atoms with E-state index in [0.29, 0.717) is 0 Å². The highest BCUT2D eigenvalue weighted by atomic mass is 19.4. The second-order valence-corrected chi connectivity index (χ2v) is 3.19. The molecule has 0 fully saturated rings. The maximum atomic E-state index is 12.4. The smallest absolute Gasteiger partial charge is 0.481 e. The molecule has 0 aromatic carbocycles. The number of hydrogen-bond acceptors (Lipinski definition) is 3. The molecule has 9 heteroatoms. The molecule has 0 saturated heterocycles. The van der Waals surface area contributed by atoms with Gasteiger partial charge in [-0.05, 0) is 6.92 Å². The molecule has 0 saturated carbocycles. The predicted molar refractivity (Wildman–Crippen MR) is 47.2 cm³/mol. The van der Waals surface area contributed by atoms with Gasteiger partial charge in [-0.15, -0.1) is 13.2 Å². The molecule has 0 spiro atoms. The number of rotatable bonds is 2. The Kier molecular flexibility index (Phi) is 3.63. The maximum Gasteiger partial charge on any atom is 0.573 e. The van der Waals surface area contributed by atoms with Crippen LogP contribution in [0.5, 0.6) is 11.6 Å². The standard InChI is InChI=1S/C9H7F6NO2/c1-4-5(18-9(13,14)15)3-6(8(10,11)12)16-7(4)17-2/h3H,1-2H3. The molecule has 0 bridgehead atoms. The average Bonchev–Trinajstić information content (AvgIpc) is 2.17. The van der Waals surface area contributed by atoms with Crippen molar-refractivity contribution in [1.82, 2.24) is 4.98 Å². The monoisotopic (exact) mass is 275 g/mol. The zero-order valence-corrected chi connectivity index (χ0v) is 9.11. The Morgan fingerprint density at radius 3 is 2.06 bits per heavy atom. The van der Waals surface area contributed by atoms with Gasteiger partial charge < -0.3 is 9.47 Å². The largest absolute Gasteiger partial charge is 0.573 e. The lowest BCUT2D eigenvalue weighted by Gasteiger charge is -2.15. The molecule has 18 heavy (non-hydrogen) atoms. The topological polar surface area (TPSA) is 31.4 Å². The second-order valence-electron chi connectivity index (χ2n) is 3.19. The Labute approximate surface area is 97.3 Å². The predicted octanol–water partition coefficient (Wildman–Crippen LogP) is 3.32. The first-order chi connectivity index (χ1) is 8.04. The molecular formula is C9H7F6NO2. The van der Waals surface area contributed by atoms with Gasteiger partial charge in [-0.1, -0.05) is 0 Å². The first-order valence-corrected chi connectivity index (χ1v) is 4.43. The SMILES string of the molecule is COc1nc(C(F)(F)F)cc(OC(F)(F)F)c1C. The van der Waals surface area contributed by atoms with E-state index in [1.165, 1.54) is 0 Å². The third kappa shape index (κ3) is 3.41. The van der Waals surface area contributed by atoms with E-state index in [0.717, 1.165) is 14.0 Å². The van der Waals surface area contributed by atoms with Gasteiger partial charge in [-0.25, -0.2) is 4.98 Å². The zero-order valence-electron chi connectivity index (χ0n) is 9.11. The van der Waals surface area contributed by atoms with Crippen LogP contribution in [0.15, 0.2) is 6.07 Å². The molecule has 102 valence electrons. The average molecular weight is 275 g/mol. The van der Waals surface area contributed by atoms with E-state index < -0.39 is 29.9 Å². The summed E-state index contributed by atoms with van der Waals surface area (Å²) in [5.74, 6) is -1.58. The first-order valence-electron chi connectivity index (χ1n) is 4.43. The molecule has 1 heterocycles. The van der Waals surface area contributed by atoms with Crippen LogP contribution in [-0.4, -0.2) is 18.5 Å². The molecule has 3 nitrogen and oxygen atoms in total. The van der Waals surface area contributed by atoms with Crippen LogP contribution in [0.1, 0.15) is 11.3 Å². The third-order valence-corrected chi connectivity index (χ3v) is 1.89. The van der Waals surface area contributed by atoms with E-state index in [4.69, 9.17) is 0 Å². The summed E-state index contributed by atoms with van der Waals surface area (Å²) in [5.41, 5.74) is -1.80. The fraction of sp³-hybridized carbons (Fsp3) is 0.444. The molecule has 0 radical (unpaired) electrons. The van der Waals surface area contributed by atoms with Crippen molar-refractivity contribution >= 4 is 0 Å². The summed E-state index contributed by atoms with van der Waals surface area (Å²) in [6.45, 7) is 1.10. The van der Waals surface area contributed by atoms with Gasteiger partial charge in [-0.2, -0.15) is 13.2 Å². The Hall–Kier alpha value is -1.67. The molecule has 1 aromatic heterocycles. The summed E-state index contributed by atoms with van der Waals surface area (Å²) in [4.78, 5) is 3.06. The molecule has 0 aliphatic carbocycles. The Morgan fingerprint density at radius 1 is 1.11 bits per heavy atom. The van der Waals surface area contributed by atoms with Crippen LogP contribution in [0.4, 0.5) is 26.3 Å². The van der Waals surface area contributed by atoms with E-state index in [1.54, 1.807) is 0 Å². The van der Waals surface area contributed by atoms with E-state index in [1.807, 2.05) is 0 Å². The van der Waals surface area contributed by atoms with E-state index in [2.05, 4.69) is 14.5 Å². The Morgan fingerprint density at radius 2 is 1.67 bits per heavy atom. The Bertz CT molecular complexity index is 440. The third-order valence-electron chi connectivity index (χ3n) is 1.89. The molecule has 0 unspecified atom stereocenters. The van der Waals surface area contributed by atoms with Crippen molar-refractivity contribution in [2.75, 3.05) is 7.11 Å². The van der Waals surface area contributed by atoms with Gasteiger partial charge in [0.25, 0.3) is 0 Å². The summed E-state index contributed by atoms with van der Waals surface area (Å²) < 4.78 is 81.2. The molecule has 0 N–H and O–H groups in total. The molecule has 0 aliphatic rings. The lowest BCUT2D eigenvalue weighted by Crippen LogP contribution is -2.19. The van der Waals surface area contributed by atoms with Crippen LogP contribution in [0.3, 0.4) is 0 Å². The number of nitrogens with zero attached hydrogens (tertiary/aromatic N) is 1. The van der Waals surface area contributed by atoms with Gasteiger partial charge in [-0.3, -0.25) is 0 Å². The summed E-state index contributed by atoms with van der Waals surface area (Å²) in [6.07, 6.45) is -10.00. The van der Waals surface area contributed by atoms with Crippen molar-refractivity contribution in [3.63, 3.8) is 0 Å². The number of methoxy groups -OCH3 is 1. The minimum atomic E-state index is -5.10. The highest BCUT2D eigenvalue weighted by Gasteiger charge is 2.37. The van der Waals surface area contributed by atoms with Crippen molar-refractivity contribution in [3.8, 4) is 11.6 Å². The number of ether oxygens (including phenoxy) is 2. The van der Waals surface area contributed by atoms with Crippen LogP contribution in [-0.2, 0) is 6.18 Å². The molecule has 1 aromatic rings. The minimum absolute atomic E-state index is 0.172.